The van der Waals surface area contributed by atoms with E-state index in [0.29, 0.717) is 10.6 Å². The third-order valence-corrected chi connectivity index (χ3v) is 5.60. The summed E-state index contributed by atoms with van der Waals surface area (Å²) in [4.78, 5) is 14.8. The van der Waals surface area contributed by atoms with Crippen LogP contribution >= 0.6 is 23.1 Å². The molecule has 0 fully saturated rings. The number of carboxylic acids is 1. The number of carboxylic acid groups (broad SMARTS) is 1. The fourth-order valence-electron chi connectivity index (χ4n) is 1.61. The summed E-state index contributed by atoms with van der Waals surface area (Å²) in [5.41, 5.74) is 0.417. The van der Waals surface area contributed by atoms with Gasteiger partial charge in [-0.05, 0) is 31.5 Å². The number of nitrogens with zero attached hydrogens (tertiary/aromatic N) is 2. The van der Waals surface area contributed by atoms with Crippen LogP contribution in [-0.4, -0.2) is 28.9 Å². The van der Waals surface area contributed by atoms with Crippen molar-refractivity contribution in [2.45, 2.75) is 24.7 Å². The minimum Gasteiger partial charge on any atom is -0.481 e. The fourth-order valence-corrected chi connectivity index (χ4v) is 3.99. The van der Waals surface area contributed by atoms with Crippen molar-refractivity contribution in [1.29, 1.82) is 0 Å². The molecule has 0 radical (unpaired) electrons. The Hall–Kier alpha value is -1.71. The summed E-state index contributed by atoms with van der Waals surface area (Å²) in [6.45, 7) is 3.01. The lowest BCUT2D eigenvalue weighted by Gasteiger charge is -2.08. The summed E-state index contributed by atoms with van der Waals surface area (Å²) < 4.78 is 30.8. The highest BCUT2D eigenvalue weighted by Gasteiger charge is 2.23. The zero-order valence-electron chi connectivity index (χ0n) is 11.6. The Labute approximate surface area is 136 Å². The number of halogens is 1. The van der Waals surface area contributed by atoms with Gasteiger partial charge in [0.2, 0.25) is 5.13 Å². The van der Waals surface area contributed by atoms with Gasteiger partial charge in [-0.25, -0.2) is 13.4 Å². The van der Waals surface area contributed by atoms with E-state index in [1.165, 1.54) is 19.1 Å². The van der Waals surface area contributed by atoms with Crippen molar-refractivity contribution >= 4 is 44.3 Å². The van der Waals surface area contributed by atoms with Crippen LogP contribution in [0.1, 0.15) is 24.2 Å². The third kappa shape index (κ3) is 3.37. The van der Waals surface area contributed by atoms with Gasteiger partial charge in [-0.2, -0.15) is 4.37 Å². The molecule has 0 saturated heterocycles. The Balaban J connectivity index is 2.30. The van der Waals surface area contributed by atoms with Gasteiger partial charge in [-0.15, -0.1) is 0 Å². The number of benzene rings is 1. The first kappa shape index (κ1) is 16.7. The second kappa shape index (κ2) is 6.19. The van der Waals surface area contributed by atoms with Gasteiger partial charge in [-0.3, -0.25) is 9.52 Å². The van der Waals surface area contributed by atoms with E-state index in [2.05, 4.69) is 14.1 Å². The highest BCUT2D eigenvalue weighted by Crippen LogP contribution is 2.26. The number of aromatic nitrogens is 2. The molecule has 0 bridgehead atoms. The molecule has 0 aliphatic heterocycles. The molecule has 1 atom stereocenters. The highest BCUT2D eigenvalue weighted by atomic mass is 35.5. The maximum atomic E-state index is 12.3. The van der Waals surface area contributed by atoms with E-state index in [4.69, 9.17) is 16.7 Å². The Morgan fingerprint density at radius 3 is 2.77 bits per heavy atom. The minimum atomic E-state index is -3.87. The van der Waals surface area contributed by atoms with E-state index in [1.54, 1.807) is 13.0 Å². The maximum Gasteiger partial charge on any atom is 0.314 e. The van der Waals surface area contributed by atoms with Gasteiger partial charge < -0.3 is 5.11 Å². The van der Waals surface area contributed by atoms with Crippen molar-refractivity contribution in [2.24, 2.45) is 0 Å². The van der Waals surface area contributed by atoms with E-state index in [-0.39, 0.29) is 15.9 Å². The Kier molecular flexibility index (Phi) is 4.69. The van der Waals surface area contributed by atoms with Crippen molar-refractivity contribution in [3.8, 4) is 0 Å². The Morgan fingerprint density at radius 1 is 1.45 bits per heavy atom. The summed E-state index contributed by atoms with van der Waals surface area (Å²) >= 11 is 6.70. The number of anilines is 1. The molecule has 22 heavy (non-hydrogen) atoms. The van der Waals surface area contributed by atoms with Gasteiger partial charge in [0.05, 0.1) is 4.90 Å². The quantitative estimate of drug-likeness (QED) is 0.846. The number of aliphatic carboxylic acids is 1. The number of nitrogens with one attached hydrogen (secondary N) is 1. The van der Waals surface area contributed by atoms with Crippen molar-refractivity contribution < 1.29 is 18.3 Å². The smallest absolute Gasteiger partial charge is 0.314 e. The molecule has 1 unspecified atom stereocenters. The second-order valence-corrected chi connectivity index (χ2v) is 7.30. The Bertz CT molecular complexity index is 820. The van der Waals surface area contributed by atoms with Crippen molar-refractivity contribution in [2.75, 3.05) is 4.72 Å². The van der Waals surface area contributed by atoms with E-state index in [9.17, 15) is 13.2 Å². The Morgan fingerprint density at radius 2 is 2.14 bits per heavy atom. The predicted octanol–water partition coefficient (Wildman–Crippen LogP) is 2.49. The number of carbonyl (C=O) groups is 1. The number of hydrogen-bond acceptors (Lipinski definition) is 6. The third-order valence-electron chi connectivity index (χ3n) is 2.93. The average molecular weight is 362 g/mol. The maximum absolute atomic E-state index is 12.3. The molecule has 0 amide bonds. The lowest BCUT2D eigenvalue weighted by atomic mass is 10.2. The van der Waals surface area contributed by atoms with Crippen LogP contribution in [0.2, 0.25) is 5.02 Å². The van der Waals surface area contributed by atoms with Crippen LogP contribution in [0, 0.1) is 6.92 Å². The molecule has 0 aliphatic carbocycles. The van der Waals surface area contributed by atoms with Gasteiger partial charge >= 0.3 is 5.97 Å². The predicted molar refractivity (Wildman–Crippen MR) is 83.0 cm³/mol. The molecule has 1 aromatic heterocycles. The lowest BCUT2D eigenvalue weighted by molar-refractivity contribution is -0.138. The molecular weight excluding hydrogens is 350 g/mol. The molecule has 1 heterocycles. The normalized spacial score (nSPS) is 12.9. The molecule has 2 rings (SSSR count). The molecule has 0 aliphatic rings. The fraction of sp³-hybridized carbons (Fsp3) is 0.250. The second-order valence-electron chi connectivity index (χ2n) is 4.49. The van der Waals surface area contributed by atoms with Crippen LogP contribution in [0.5, 0.6) is 0 Å². The zero-order chi connectivity index (χ0) is 16.5. The van der Waals surface area contributed by atoms with E-state index in [1.807, 2.05) is 0 Å². The summed E-state index contributed by atoms with van der Waals surface area (Å²) in [5.74, 6) is -1.95. The monoisotopic (exact) mass is 361 g/mol. The van der Waals surface area contributed by atoms with Crippen LogP contribution in [0.3, 0.4) is 0 Å². The van der Waals surface area contributed by atoms with Crippen molar-refractivity contribution in [3.05, 3.63) is 34.6 Å². The first-order valence-electron chi connectivity index (χ1n) is 6.06. The number of hydrogen-bond donors (Lipinski definition) is 2. The van der Waals surface area contributed by atoms with Crippen LogP contribution in [-0.2, 0) is 14.8 Å². The molecule has 118 valence electrons. The van der Waals surface area contributed by atoms with Crippen LogP contribution in [0.25, 0.3) is 0 Å². The molecule has 7 nitrogen and oxygen atoms in total. The van der Waals surface area contributed by atoms with Crippen LogP contribution in [0.15, 0.2) is 23.1 Å². The van der Waals surface area contributed by atoms with Gasteiger partial charge in [0.25, 0.3) is 10.0 Å². The van der Waals surface area contributed by atoms with E-state index in [0.717, 1.165) is 11.5 Å². The first-order chi connectivity index (χ1) is 10.2. The molecule has 0 spiro atoms. The highest BCUT2D eigenvalue weighted by molar-refractivity contribution is 7.93. The molecule has 2 N–H and O–H groups in total. The van der Waals surface area contributed by atoms with E-state index < -0.39 is 21.9 Å². The van der Waals surface area contributed by atoms with Gasteiger partial charge in [0.15, 0.2) is 5.82 Å². The van der Waals surface area contributed by atoms with Crippen molar-refractivity contribution in [3.63, 3.8) is 0 Å². The average Bonchev–Trinajstić information content (AvgIpc) is 2.88. The first-order valence-corrected chi connectivity index (χ1v) is 8.70. The van der Waals surface area contributed by atoms with Crippen LogP contribution in [0.4, 0.5) is 5.13 Å². The molecule has 1 aromatic carbocycles. The molecule has 10 heteroatoms. The molecule has 0 saturated carbocycles. The molecular formula is C12H12ClN3O4S2. The summed E-state index contributed by atoms with van der Waals surface area (Å²) in [5, 5.41) is 9.23. The number of rotatable bonds is 5. The summed E-state index contributed by atoms with van der Waals surface area (Å²) in [7, 11) is -3.87. The van der Waals surface area contributed by atoms with Gasteiger partial charge in [-0.1, -0.05) is 17.7 Å². The molecule has 2 aromatic rings. The minimum absolute atomic E-state index is 0.00229. The summed E-state index contributed by atoms with van der Waals surface area (Å²) in [6, 6.07) is 4.54. The number of sulfonamides is 1. The van der Waals surface area contributed by atoms with Crippen molar-refractivity contribution in [1.82, 2.24) is 9.36 Å². The zero-order valence-corrected chi connectivity index (χ0v) is 14.0. The topological polar surface area (TPSA) is 109 Å². The van der Waals surface area contributed by atoms with Gasteiger partial charge in [0.1, 0.15) is 5.92 Å². The lowest BCUT2D eigenvalue weighted by Crippen LogP contribution is -2.14. The standard InChI is InChI=1S/C12H12ClN3O4S2/c1-6-8(13)4-3-5-9(6)22(19,20)16-12-14-10(15-21-12)7(2)11(17)18/h3-5,7H,1-2H3,(H,17,18)(H,14,15,16). The van der Waals surface area contributed by atoms with Gasteiger partial charge in [0, 0.05) is 16.6 Å². The summed E-state index contributed by atoms with van der Waals surface area (Å²) in [6.07, 6.45) is 0. The van der Waals surface area contributed by atoms with Crippen LogP contribution < -0.4 is 4.72 Å². The SMILES string of the molecule is Cc1c(Cl)cccc1S(=O)(=O)Nc1nc(C(C)C(=O)O)ns1. The largest absolute Gasteiger partial charge is 0.481 e. The van der Waals surface area contributed by atoms with E-state index >= 15 is 0 Å².